The molecule has 3 fully saturated rings. The number of fused-ring (bicyclic) bond motifs is 1. The van der Waals surface area contributed by atoms with Gasteiger partial charge in [-0.1, -0.05) is 0 Å². The van der Waals surface area contributed by atoms with Crippen molar-refractivity contribution in [1.82, 2.24) is 19.9 Å². The Hall–Kier alpha value is -2.11. The predicted molar refractivity (Wildman–Crippen MR) is 96.3 cm³/mol. The molecule has 1 amide bonds. The molecule has 1 saturated carbocycles. The number of nitrogens with one attached hydrogen (secondary N) is 1. The lowest BCUT2D eigenvalue weighted by Crippen LogP contribution is -2.54. The van der Waals surface area contributed by atoms with Crippen molar-refractivity contribution in [2.75, 3.05) is 31.1 Å². The SMILES string of the molecule is O=C1CC[C@]2(CCCN(c3ncnc4[nH]ccc34)C2)CN1CC1CC1. The lowest BCUT2D eigenvalue weighted by Gasteiger charge is -2.48. The van der Waals surface area contributed by atoms with Crippen molar-refractivity contribution in [3.63, 3.8) is 0 Å². The topological polar surface area (TPSA) is 65.1 Å². The molecule has 1 spiro atoms. The molecule has 6 nitrogen and oxygen atoms in total. The van der Waals surface area contributed by atoms with Crippen LogP contribution in [-0.2, 0) is 4.79 Å². The summed E-state index contributed by atoms with van der Waals surface area (Å²) in [6, 6.07) is 2.07. The Morgan fingerprint density at radius 2 is 2.16 bits per heavy atom. The first-order valence-electron chi connectivity index (χ1n) is 9.53. The Labute approximate surface area is 147 Å². The molecule has 1 atom stereocenters. The number of nitrogens with zero attached hydrogens (tertiary/aromatic N) is 4. The van der Waals surface area contributed by atoms with E-state index in [4.69, 9.17) is 0 Å². The molecular weight excluding hydrogens is 314 g/mol. The molecule has 1 N–H and O–H groups in total. The number of piperidine rings is 2. The van der Waals surface area contributed by atoms with Crippen molar-refractivity contribution in [2.24, 2.45) is 11.3 Å². The smallest absolute Gasteiger partial charge is 0.222 e. The molecule has 4 heterocycles. The fraction of sp³-hybridized carbons (Fsp3) is 0.632. The second-order valence-electron chi connectivity index (χ2n) is 8.18. The minimum atomic E-state index is 0.231. The quantitative estimate of drug-likeness (QED) is 0.933. The maximum atomic E-state index is 12.4. The van der Waals surface area contributed by atoms with Gasteiger partial charge in [0, 0.05) is 44.2 Å². The van der Waals surface area contributed by atoms with Crippen LogP contribution in [0, 0.1) is 11.3 Å². The Kier molecular flexibility index (Phi) is 3.47. The van der Waals surface area contributed by atoms with Gasteiger partial charge in [-0.2, -0.15) is 0 Å². The summed E-state index contributed by atoms with van der Waals surface area (Å²) in [6.07, 6.45) is 10.3. The average molecular weight is 339 g/mol. The van der Waals surface area contributed by atoms with Crippen molar-refractivity contribution in [1.29, 1.82) is 0 Å². The molecule has 0 unspecified atom stereocenters. The molecule has 0 bridgehead atoms. The molecule has 2 aromatic heterocycles. The van der Waals surface area contributed by atoms with Crippen LogP contribution < -0.4 is 4.90 Å². The van der Waals surface area contributed by atoms with Crippen LogP contribution in [0.1, 0.15) is 38.5 Å². The number of H-pyrrole nitrogens is 1. The molecule has 5 rings (SSSR count). The van der Waals surface area contributed by atoms with E-state index >= 15 is 0 Å². The summed E-state index contributed by atoms with van der Waals surface area (Å²) < 4.78 is 0. The highest BCUT2D eigenvalue weighted by molar-refractivity contribution is 5.87. The summed E-state index contributed by atoms with van der Waals surface area (Å²) in [6.45, 7) is 3.95. The van der Waals surface area contributed by atoms with Gasteiger partial charge < -0.3 is 14.8 Å². The summed E-state index contributed by atoms with van der Waals surface area (Å²) in [5, 5.41) is 1.10. The van der Waals surface area contributed by atoms with E-state index in [0.717, 1.165) is 55.4 Å². The van der Waals surface area contributed by atoms with Gasteiger partial charge in [0.05, 0.1) is 5.39 Å². The van der Waals surface area contributed by atoms with Gasteiger partial charge >= 0.3 is 0 Å². The molecule has 0 aromatic carbocycles. The first-order chi connectivity index (χ1) is 12.2. The van der Waals surface area contributed by atoms with E-state index in [1.165, 1.54) is 25.7 Å². The van der Waals surface area contributed by atoms with Crippen molar-refractivity contribution < 1.29 is 4.79 Å². The molecule has 2 aliphatic heterocycles. The normalized spacial score (nSPS) is 27.4. The van der Waals surface area contributed by atoms with E-state index in [1.54, 1.807) is 6.33 Å². The van der Waals surface area contributed by atoms with Gasteiger partial charge in [0.1, 0.15) is 17.8 Å². The summed E-state index contributed by atoms with van der Waals surface area (Å²) in [5.41, 5.74) is 1.13. The van der Waals surface area contributed by atoms with Gasteiger partial charge in [0.25, 0.3) is 0 Å². The van der Waals surface area contributed by atoms with E-state index in [9.17, 15) is 4.79 Å². The van der Waals surface area contributed by atoms with Crippen LogP contribution in [0.4, 0.5) is 5.82 Å². The fourth-order valence-electron chi connectivity index (χ4n) is 4.71. The maximum absolute atomic E-state index is 12.4. The number of rotatable bonds is 3. The second-order valence-corrected chi connectivity index (χ2v) is 8.18. The lowest BCUT2D eigenvalue weighted by atomic mass is 9.73. The molecule has 6 heteroatoms. The molecule has 132 valence electrons. The van der Waals surface area contributed by atoms with Crippen LogP contribution in [0.25, 0.3) is 11.0 Å². The highest BCUT2D eigenvalue weighted by Crippen LogP contribution is 2.42. The zero-order valence-corrected chi connectivity index (χ0v) is 14.6. The van der Waals surface area contributed by atoms with Crippen molar-refractivity contribution in [3.8, 4) is 0 Å². The summed E-state index contributed by atoms with van der Waals surface area (Å²) in [4.78, 5) is 29.0. The fourth-order valence-corrected chi connectivity index (χ4v) is 4.71. The summed E-state index contributed by atoms with van der Waals surface area (Å²) in [7, 11) is 0. The number of amides is 1. The van der Waals surface area contributed by atoms with Gasteiger partial charge in [0.15, 0.2) is 0 Å². The van der Waals surface area contributed by atoms with Gasteiger partial charge in [-0.25, -0.2) is 9.97 Å². The first kappa shape index (κ1) is 15.2. The van der Waals surface area contributed by atoms with Crippen LogP contribution in [0.5, 0.6) is 0 Å². The van der Waals surface area contributed by atoms with E-state index < -0.39 is 0 Å². The highest BCUT2D eigenvalue weighted by Gasteiger charge is 2.43. The van der Waals surface area contributed by atoms with Gasteiger partial charge in [-0.15, -0.1) is 0 Å². The minimum absolute atomic E-state index is 0.231. The van der Waals surface area contributed by atoms with Gasteiger partial charge in [-0.3, -0.25) is 4.79 Å². The highest BCUT2D eigenvalue weighted by atomic mass is 16.2. The third-order valence-electron chi connectivity index (χ3n) is 6.22. The van der Waals surface area contributed by atoms with Crippen molar-refractivity contribution in [2.45, 2.75) is 38.5 Å². The number of carbonyl (C=O) groups excluding carboxylic acids is 1. The zero-order chi connectivity index (χ0) is 16.9. The predicted octanol–water partition coefficient (Wildman–Crippen LogP) is 2.58. The number of hydrogen-bond donors (Lipinski definition) is 1. The standard InChI is InChI=1S/C19H25N5O/c25-16-4-7-19(12-24(16)10-14-2-3-14)6-1-9-23(11-19)18-15-5-8-20-17(15)21-13-22-18/h5,8,13-14H,1-4,6-7,9-12H2,(H,20,21,22)/t19-/m0/s1. The Morgan fingerprint density at radius 1 is 1.24 bits per heavy atom. The molecule has 25 heavy (non-hydrogen) atoms. The molecular formula is C19H25N5O. The number of aromatic nitrogens is 3. The monoisotopic (exact) mass is 339 g/mol. The average Bonchev–Trinajstić information content (AvgIpc) is 3.31. The molecule has 0 radical (unpaired) electrons. The van der Waals surface area contributed by atoms with Crippen LogP contribution in [0.3, 0.4) is 0 Å². The van der Waals surface area contributed by atoms with E-state index in [-0.39, 0.29) is 5.41 Å². The minimum Gasteiger partial charge on any atom is -0.355 e. The van der Waals surface area contributed by atoms with Crippen LogP contribution in [0.15, 0.2) is 18.6 Å². The third-order valence-corrected chi connectivity index (χ3v) is 6.22. The maximum Gasteiger partial charge on any atom is 0.222 e. The summed E-state index contributed by atoms with van der Waals surface area (Å²) >= 11 is 0. The lowest BCUT2D eigenvalue weighted by molar-refractivity contribution is -0.138. The first-order valence-corrected chi connectivity index (χ1v) is 9.53. The summed E-state index contributed by atoms with van der Waals surface area (Å²) in [5.74, 6) is 2.17. The number of hydrogen-bond acceptors (Lipinski definition) is 4. The number of carbonyl (C=O) groups is 1. The number of anilines is 1. The zero-order valence-electron chi connectivity index (χ0n) is 14.6. The molecule has 1 aliphatic carbocycles. The van der Waals surface area contributed by atoms with Gasteiger partial charge in [0.2, 0.25) is 5.91 Å². The number of likely N-dealkylation sites (tertiary alicyclic amines) is 1. The Balaban J connectivity index is 1.40. The molecule has 2 aromatic rings. The third kappa shape index (κ3) is 2.77. The largest absolute Gasteiger partial charge is 0.355 e. The van der Waals surface area contributed by atoms with Crippen LogP contribution >= 0.6 is 0 Å². The van der Waals surface area contributed by atoms with Crippen LogP contribution in [0.2, 0.25) is 0 Å². The second kappa shape index (κ2) is 5.71. The molecule has 3 aliphatic rings. The molecule has 2 saturated heterocycles. The van der Waals surface area contributed by atoms with Gasteiger partial charge in [-0.05, 0) is 44.1 Å². The van der Waals surface area contributed by atoms with Crippen molar-refractivity contribution in [3.05, 3.63) is 18.6 Å². The Bertz CT molecular complexity index is 798. The van der Waals surface area contributed by atoms with E-state index in [0.29, 0.717) is 12.3 Å². The van der Waals surface area contributed by atoms with E-state index in [2.05, 4.69) is 30.8 Å². The van der Waals surface area contributed by atoms with Crippen molar-refractivity contribution >= 4 is 22.8 Å². The van der Waals surface area contributed by atoms with E-state index in [1.807, 2.05) is 6.20 Å². The Morgan fingerprint density at radius 3 is 3.04 bits per heavy atom. The van der Waals surface area contributed by atoms with Crippen LogP contribution in [-0.4, -0.2) is 51.9 Å². The number of aromatic amines is 1.